The standard InChI is InChI=1S/C13H14N4O2/c14-8-9-1-2-11(17(18)19)10(7-9)16-12-3-6-15-13(12)4-5-13/h1-2,7,12,15-16H,3-6H2. The van der Waals surface area contributed by atoms with Gasteiger partial charge in [-0.05, 0) is 37.9 Å². The fraction of sp³-hybridized carbons (Fsp3) is 0.462. The summed E-state index contributed by atoms with van der Waals surface area (Å²) >= 11 is 0. The van der Waals surface area contributed by atoms with Gasteiger partial charge >= 0.3 is 0 Å². The number of nitrogens with one attached hydrogen (secondary N) is 2. The molecule has 1 heterocycles. The van der Waals surface area contributed by atoms with Crippen LogP contribution in [0.5, 0.6) is 0 Å². The summed E-state index contributed by atoms with van der Waals surface area (Å²) < 4.78 is 0. The van der Waals surface area contributed by atoms with Crippen LogP contribution in [-0.2, 0) is 0 Å². The van der Waals surface area contributed by atoms with Crippen molar-refractivity contribution in [1.82, 2.24) is 5.32 Å². The van der Waals surface area contributed by atoms with Crippen LogP contribution in [0.25, 0.3) is 0 Å². The predicted octanol–water partition coefficient (Wildman–Crippen LogP) is 1.77. The summed E-state index contributed by atoms with van der Waals surface area (Å²) in [4.78, 5) is 10.6. The summed E-state index contributed by atoms with van der Waals surface area (Å²) in [6.45, 7) is 0.934. The Kier molecular flexibility index (Phi) is 2.64. The minimum absolute atomic E-state index is 0.0294. The van der Waals surface area contributed by atoms with Gasteiger partial charge in [0.2, 0.25) is 0 Å². The maximum absolute atomic E-state index is 11.0. The second kappa shape index (κ2) is 4.21. The smallest absolute Gasteiger partial charge is 0.292 e. The lowest BCUT2D eigenvalue weighted by atomic mass is 10.1. The van der Waals surface area contributed by atoms with E-state index >= 15 is 0 Å². The molecule has 98 valence electrons. The first kappa shape index (κ1) is 11.9. The second-order valence-corrected chi connectivity index (χ2v) is 5.17. The molecule has 2 fully saturated rings. The van der Waals surface area contributed by atoms with Gasteiger partial charge in [0.15, 0.2) is 0 Å². The topological polar surface area (TPSA) is 91.0 Å². The van der Waals surface area contributed by atoms with Crippen molar-refractivity contribution in [3.05, 3.63) is 33.9 Å². The van der Waals surface area contributed by atoms with Gasteiger partial charge in [-0.15, -0.1) is 0 Å². The Bertz CT molecular complexity index is 574. The number of nitro groups is 1. The predicted molar refractivity (Wildman–Crippen MR) is 69.8 cm³/mol. The van der Waals surface area contributed by atoms with E-state index in [1.165, 1.54) is 12.1 Å². The Balaban J connectivity index is 1.90. The average molecular weight is 258 g/mol. The number of anilines is 1. The van der Waals surface area contributed by atoms with E-state index in [0.717, 1.165) is 25.8 Å². The summed E-state index contributed by atoms with van der Waals surface area (Å²) in [5.74, 6) is 0. The van der Waals surface area contributed by atoms with Gasteiger partial charge in [0, 0.05) is 17.6 Å². The number of nitriles is 1. The van der Waals surface area contributed by atoms with Crippen LogP contribution < -0.4 is 10.6 Å². The summed E-state index contributed by atoms with van der Waals surface area (Å²) in [7, 11) is 0. The van der Waals surface area contributed by atoms with E-state index in [4.69, 9.17) is 5.26 Å². The first-order valence-corrected chi connectivity index (χ1v) is 6.35. The molecule has 0 amide bonds. The quantitative estimate of drug-likeness (QED) is 0.637. The van der Waals surface area contributed by atoms with E-state index in [0.29, 0.717) is 11.3 Å². The number of rotatable bonds is 3. The molecule has 2 aliphatic rings. The van der Waals surface area contributed by atoms with Gasteiger partial charge in [0.1, 0.15) is 5.69 Å². The van der Waals surface area contributed by atoms with Crippen molar-refractivity contribution in [2.75, 3.05) is 11.9 Å². The highest BCUT2D eigenvalue weighted by Gasteiger charge is 2.52. The lowest BCUT2D eigenvalue weighted by Gasteiger charge is -2.21. The molecule has 3 rings (SSSR count). The minimum Gasteiger partial charge on any atom is -0.375 e. The van der Waals surface area contributed by atoms with Crippen LogP contribution in [0.4, 0.5) is 11.4 Å². The third-order valence-corrected chi connectivity index (χ3v) is 4.02. The highest BCUT2D eigenvalue weighted by Crippen LogP contribution is 2.44. The van der Waals surface area contributed by atoms with Gasteiger partial charge in [0.25, 0.3) is 5.69 Å². The van der Waals surface area contributed by atoms with Gasteiger partial charge < -0.3 is 10.6 Å². The highest BCUT2D eigenvalue weighted by atomic mass is 16.6. The summed E-state index contributed by atoms with van der Waals surface area (Å²) in [5, 5.41) is 26.7. The van der Waals surface area contributed by atoms with Crippen LogP contribution in [0, 0.1) is 21.4 Å². The van der Waals surface area contributed by atoms with E-state index in [9.17, 15) is 10.1 Å². The van der Waals surface area contributed by atoms with Gasteiger partial charge in [-0.2, -0.15) is 5.26 Å². The number of benzene rings is 1. The molecule has 0 aromatic heterocycles. The van der Waals surface area contributed by atoms with E-state index < -0.39 is 4.92 Å². The van der Waals surface area contributed by atoms with E-state index in [-0.39, 0.29) is 17.3 Å². The molecule has 1 saturated heterocycles. The Morgan fingerprint density at radius 2 is 2.32 bits per heavy atom. The molecule has 1 aliphatic heterocycles. The minimum atomic E-state index is -0.411. The molecule has 1 aromatic rings. The van der Waals surface area contributed by atoms with Crippen LogP contribution in [0.2, 0.25) is 0 Å². The first-order valence-electron chi connectivity index (χ1n) is 6.35. The zero-order valence-electron chi connectivity index (χ0n) is 10.3. The van der Waals surface area contributed by atoms with Crippen LogP contribution in [-0.4, -0.2) is 23.0 Å². The van der Waals surface area contributed by atoms with Gasteiger partial charge in [-0.3, -0.25) is 10.1 Å². The van der Waals surface area contributed by atoms with E-state index in [1.807, 2.05) is 6.07 Å². The van der Waals surface area contributed by atoms with E-state index in [2.05, 4.69) is 10.6 Å². The molecule has 0 bridgehead atoms. The first-order chi connectivity index (χ1) is 9.14. The molecule has 1 aliphatic carbocycles. The van der Waals surface area contributed by atoms with Crippen molar-refractivity contribution in [2.24, 2.45) is 0 Å². The SMILES string of the molecule is N#Cc1ccc([N+](=O)[O-])c(NC2CCNC23CC3)c1. The summed E-state index contributed by atoms with van der Waals surface area (Å²) in [6, 6.07) is 6.65. The van der Waals surface area contributed by atoms with Crippen molar-refractivity contribution < 1.29 is 4.92 Å². The van der Waals surface area contributed by atoms with Crippen LogP contribution in [0.1, 0.15) is 24.8 Å². The average Bonchev–Trinajstić information content (AvgIpc) is 3.07. The normalized spacial score (nSPS) is 23.0. The van der Waals surface area contributed by atoms with Crippen molar-refractivity contribution >= 4 is 11.4 Å². The van der Waals surface area contributed by atoms with E-state index in [1.54, 1.807) is 6.07 Å². The van der Waals surface area contributed by atoms with Crippen LogP contribution >= 0.6 is 0 Å². The third-order valence-electron chi connectivity index (χ3n) is 4.02. The molecular weight excluding hydrogens is 244 g/mol. The van der Waals surface area contributed by atoms with Gasteiger partial charge in [-0.1, -0.05) is 0 Å². The largest absolute Gasteiger partial charge is 0.375 e. The number of nitrogens with zero attached hydrogens (tertiary/aromatic N) is 2. The van der Waals surface area contributed by atoms with Crippen molar-refractivity contribution in [2.45, 2.75) is 30.8 Å². The highest BCUT2D eigenvalue weighted by molar-refractivity contribution is 5.65. The lowest BCUT2D eigenvalue weighted by Crippen LogP contribution is -2.37. The van der Waals surface area contributed by atoms with Crippen molar-refractivity contribution in [3.8, 4) is 6.07 Å². The number of nitro benzene ring substituents is 1. The van der Waals surface area contributed by atoms with Gasteiger partial charge in [-0.25, -0.2) is 0 Å². The molecule has 2 N–H and O–H groups in total. The molecule has 1 spiro atoms. The monoisotopic (exact) mass is 258 g/mol. The molecule has 1 aromatic carbocycles. The molecule has 6 heteroatoms. The Morgan fingerprint density at radius 1 is 1.53 bits per heavy atom. The molecule has 0 radical (unpaired) electrons. The summed E-state index contributed by atoms with van der Waals surface area (Å²) in [6.07, 6.45) is 3.17. The fourth-order valence-electron chi connectivity index (χ4n) is 2.80. The van der Waals surface area contributed by atoms with Crippen LogP contribution in [0.3, 0.4) is 0 Å². The van der Waals surface area contributed by atoms with Crippen LogP contribution in [0.15, 0.2) is 18.2 Å². The molecule has 1 atom stereocenters. The molecule has 1 unspecified atom stereocenters. The number of hydrogen-bond donors (Lipinski definition) is 2. The lowest BCUT2D eigenvalue weighted by molar-refractivity contribution is -0.384. The Morgan fingerprint density at radius 3 is 2.95 bits per heavy atom. The number of hydrogen-bond acceptors (Lipinski definition) is 5. The zero-order chi connectivity index (χ0) is 13.5. The van der Waals surface area contributed by atoms with Crippen molar-refractivity contribution in [3.63, 3.8) is 0 Å². The maximum atomic E-state index is 11.0. The fourth-order valence-corrected chi connectivity index (χ4v) is 2.80. The molecular formula is C13H14N4O2. The van der Waals surface area contributed by atoms with Crippen molar-refractivity contribution in [1.29, 1.82) is 5.26 Å². The molecule has 1 saturated carbocycles. The summed E-state index contributed by atoms with van der Waals surface area (Å²) in [5.41, 5.74) is 1.03. The maximum Gasteiger partial charge on any atom is 0.292 e. The van der Waals surface area contributed by atoms with Gasteiger partial charge in [0.05, 0.1) is 16.6 Å². The third kappa shape index (κ3) is 2.02. The Hall–Kier alpha value is -2.13. The molecule has 6 nitrogen and oxygen atoms in total. The second-order valence-electron chi connectivity index (χ2n) is 5.17. The Labute approximate surface area is 110 Å². The zero-order valence-corrected chi connectivity index (χ0v) is 10.3. The molecule has 19 heavy (non-hydrogen) atoms.